The first-order valence-corrected chi connectivity index (χ1v) is 12.4. The number of alkyl carbamates (subject to hydrolysis) is 1. The molecule has 7 nitrogen and oxygen atoms in total. The van der Waals surface area contributed by atoms with Crippen LogP contribution in [0.15, 0.2) is 42.5 Å². The Labute approximate surface area is 208 Å². The number of phenols is 1. The van der Waals surface area contributed by atoms with Crippen LogP contribution >= 0.6 is 0 Å². The molecule has 0 bridgehead atoms. The van der Waals surface area contributed by atoms with Crippen molar-refractivity contribution in [2.75, 3.05) is 19.7 Å². The third-order valence-electron chi connectivity index (χ3n) is 6.08. The van der Waals surface area contributed by atoms with Crippen molar-refractivity contribution >= 4 is 12.0 Å². The summed E-state index contributed by atoms with van der Waals surface area (Å²) in [6, 6.07) is 12.0. The highest BCUT2D eigenvalue weighted by atomic mass is 16.6. The van der Waals surface area contributed by atoms with Crippen LogP contribution in [0.3, 0.4) is 0 Å². The van der Waals surface area contributed by atoms with E-state index in [1.165, 1.54) is 5.56 Å². The van der Waals surface area contributed by atoms with E-state index in [0.717, 1.165) is 29.7 Å². The lowest BCUT2D eigenvalue weighted by Gasteiger charge is -2.42. The largest absolute Gasteiger partial charge is 0.508 e. The summed E-state index contributed by atoms with van der Waals surface area (Å²) in [5.74, 6) is 1.13. The van der Waals surface area contributed by atoms with Crippen LogP contribution in [0.1, 0.15) is 63.1 Å². The summed E-state index contributed by atoms with van der Waals surface area (Å²) >= 11 is 0. The first-order chi connectivity index (χ1) is 16.6. The molecule has 35 heavy (non-hydrogen) atoms. The molecule has 2 amide bonds. The standard InChI is InChI=1S/C28H38N2O5/c1-6-7-15-34-25-10-8-9-23(19(25)2)21-17-30(18-21)26(32)24(29-27(33)35-28(3,4)5)16-20-11-13-22(31)14-12-20/h8-14,21,24,31H,6-7,15-18H2,1-5H3,(H,29,33). The van der Waals surface area contributed by atoms with Gasteiger partial charge >= 0.3 is 6.09 Å². The molecule has 1 atom stereocenters. The highest BCUT2D eigenvalue weighted by Crippen LogP contribution is 2.34. The van der Waals surface area contributed by atoms with E-state index in [2.05, 4.69) is 25.2 Å². The van der Waals surface area contributed by atoms with Gasteiger partial charge in [0, 0.05) is 25.4 Å². The van der Waals surface area contributed by atoms with Gasteiger partial charge in [-0.15, -0.1) is 0 Å². The number of unbranched alkanes of at least 4 members (excludes halogenated alkanes) is 1. The van der Waals surface area contributed by atoms with Crippen LogP contribution in [0.5, 0.6) is 11.5 Å². The first kappa shape index (κ1) is 26.4. The average Bonchev–Trinajstić information content (AvgIpc) is 2.74. The molecule has 2 aromatic rings. The molecule has 190 valence electrons. The molecule has 1 aliphatic rings. The van der Waals surface area contributed by atoms with E-state index in [0.29, 0.717) is 26.1 Å². The van der Waals surface area contributed by atoms with Crippen molar-refractivity contribution in [3.8, 4) is 11.5 Å². The SMILES string of the molecule is CCCCOc1cccc(C2CN(C(=O)C(Cc3ccc(O)cc3)NC(=O)OC(C)(C)C)C2)c1C. The number of amides is 2. The second-order valence-electron chi connectivity index (χ2n) is 10.2. The van der Waals surface area contributed by atoms with Gasteiger partial charge in [-0.3, -0.25) is 4.79 Å². The molecule has 2 aromatic carbocycles. The fourth-order valence-electron chi connectivity index (χ4n) is 4.15. The van der Waals surface area contributed by atoms with E-state index in [9.17, 15) is 14.7 Å². The summed E-state index contributed by atoms with van der Waals surface area (Å²) in [7, 11) is 0. The minimum absolute atomic E-state index is 0.145. The molecule has 0 radical (unpaired) electrons. The molecule has 2 N–H and O–H groups in total. The van der Waals surface area contributed by atoms with Gasteiger partial charge in [0.15, 0.2) is 0 Å². The molecule has 0 spiro atoms. The van der Waals surface area contributed by atoms with Crippen molar-refractivity contribution in [3.05, 3.63) is 59.2 Å². The Kier molecular flexibility index (Phi) is 8.65. The van der Waals surface area contributed by atoms with E-state index >= 15 is 0 Å². The number of benzene rings is 2. The van der Waals surface area contributed by atoms with Gasteiger partial charge in [-0.05, 0) is 69.0 Å². The molecule has 0 saturated carbocycles. The fourth-order valence-corrected chi connectivity index (χ4v) is 4.15. The van der Waals surface area contributed by atoms with E-state index < -0.39 is 17.7 Å². The van der Waals surface area contributed by atoms with Crippen LogP contribution in [0.25, 0.3) is 0 Å². The Morgan fingerprint density at radius 1 is 1.14 bits per heavy atom. The number of carbonyl (C=O) groups excluding carboxylic acids is 2. The molecule has 7 heteroatoms. The van der Waals surface area contributed by atoms with Gasteiger partial charge in [0.25, 0.3) is 0 Å². The molecule has 1 aliphatic heterocycles. The molecule has 3 rings (SSSR count). The van der Waals surface area contributed by atoms with E-state index in [1.807, 2.05) is 12.1 Å². The Morgan fingerprint density at radius 3 is 2.46 bits per heavy atom. The summed E-state index contributed by atoms with van der Waals surface area (Å²) in [4.78, 5) is 27.6. The number of ether oxygens (including phenoxy) is 2. The zero-order valence-electron chi connectivity index (χ0n) is 21.5. The quantitative estimate of drug-likeness (QED) is 0.494. The maximum absolute atomic E-state index is 13.4. The molecule has 1 fully saturated rings. The minimum Gasteiger partial charge on any atom is -0.508 e. The van der Waals surface area contributed by atoms with Crippen LogP contribution in [-0.4, -0.2) is 53.3 Å². The average molecular weight is 483 g/mol. The lowest BCUT2D eigenvalue weighted by molar-refractivity contribution is -0.138. The van der Waals surface area contributed by atoms with Gasteiger partial charge in [0.1, 0.15) is 23.1 Å². The van der Waals surface area contributed by atoms with Crippen molar-refractivity contribution in [2.45, 2.75) is 71.4 Å². The summed E-state index contributed by atoms with van der Waals surface area (Å²) < 4.78 is 11.3. The molecule has 1 unspecified atom stereocenters. The zero-order chi connectivity index (χ0) is 25.6. The highest BCUT2D eigenvalue weighted by Gasteiger charge is 2.37. The number of nitrogens with zero attached hydrogens (tertiary/aromatic N) is 1. The monoisotopic (exact) mass is 482 g/mol. The molecular formula is C28H38N2O5. The maximum Gasteiger partial charge on any atom is 0.408 e. The number of nitrogens with one attached hydrogen (secondary N) is 1. The molecule has 0 aromatic heterocycles. The second-order valence-corrected chi connectivity index (χ2v) is 10.2. The van der Waals surface area contributed by atoms with Crippen LogP contribution < -0.4 is 10.1 Å². The van der Waals surface area contributed by atoms with Gasteiger partial charge in [-0.25, -0.2) is 4.79 Å². The molecule has 0 aliphatic carbocycles. The Hall–Kier alpha value is -3.22. The highest BCUT2D eigenvalue weighted by molar-refractivity contribution is 5.87. The number of carbonyl (C=O) groups is 2. The summed E-state index contributed by atoms with van der Waals surface area (Å²) in [5, 5.41) is 12.3. The minimum atomic E-state index is -0.764. The summed E-state index contributed by atoms with van der Waals surface area (Å²) in [6.07, 6.45) is 1.78. The van der Waals surface area contributed by atoms with Crippen molar-refractivity contribution in [1.82, 2.24) is 10.2 Å². The second kappa shape index (κ2) is 11.5. The van der Waals surface area contributed by atoms with Crippen molar-refractivity contribution < 1.29 is 24.2 Å². The smallest absolute Gasteiger partial charge is 0.408 e. The van der Waals surface area contributed by atoms with Crippen LogP contribution in [0, 0.1) is 6.92 Å². The third kappa shape index (κ3) is 7.38. The predicted molar refractivity (Wildman–Crippen MR) is 136 cm³/mol. The maximum atomic E-state index is 13.4. The topological polar surface area (TPSA) is 88.1 Å². The Balaban J connectivity index is 1.68. The zero-order valence-corrected chi connectivity index (χ0v) is 21.5. The first-order valence-electron chi connectivity index (χ1n) is 12.4. The molecule has 1 heterocycles. The van der Waals surface area contributed by atoms with Crippen LogP contribution in [0.4, 0.5) is 4.79 Å². The lowest BCUT2D eigenvalue weighted by atomic mass is 9.87. The Bertz CT molecular complexity index is 1010. The summed E-state index contributed by atoms with van der Waals surface area (Å²) in [5.41, 5.74) is 2.48. The number of aromatic hydroxyl groups is 1. The fraction of sp³-hybridized carbons (Fsp3) is 0.500. The molecular weight excluding hydrogens is 444 g/mol. The lowest BCUT2D eigenvalue weighted by Crippen LogP contribution is -2.57. The Morgan fingerprint density at radius 2 is 1.83 bits per heavy atom. The predicted octanol–water partition coefficient (Wildman–Crippen LogP) is 4.94. The summed E-state index contributed by atoms with van der Waals surface area (Å²) in [6.45, 7) is 11.4. The van der Waals surface area contributed by atoms with E-state index in [-0.39, 0.29) is 17.6 Å². The van der Waals surface area contributed by atoms with Crippen molar-refractivity contribution in [2.24, 2.45) is 0 Å². The number of hydrogen-bond acceptors (Lipinski definition) is 5. The number of rotatable bonds is 9. The van der Waals surface area contributed by atoms with Gasteiger partial charge < -0.3 is 24.8 Å². The van der Waals surface area contributed by atoms with Crippen molar-refractivity contribution in [3.63, 3.8) is 0 Å². The van der Waals surface area contributed by atoms with Crippen LogP contribution in [0.2, 0.25) is 0 Å². The van der Waals surface area contributed by atoms with Crippen molar-refractivity contribution in [1.29, 1.82) is 0 Å². The number of likely N-dealkylation sites (tertiary alicyclic amines) is 1. The van der Waals surface area contributed by atoms with E-state index in [1.54, 1.807) is 49.9 Å². The van der Waals surface area contributed by atoms with Gasteiger partial charge in [0.05, 0.1) is 6.61 Å². The molecule has 1 saturated heterocycles. The van der Waals surface area contributed by atoms with Gasteiger partial charge in [0.2, 0.25) is 5.91 Å². The normalized spacial score (nSPS) is 14.7. The number of phenolic OH excluding ortho intramolecular Hbond substituents is 1. The van der Waals surface area contributed by atoms with Gasteiger partial charge in [-0.1, -0.05) is 37.6 Å². The van der Waals surface area contributed by atoms with E-state index in [4.69, 9.17) is 9.47 Å². The third-order valence-corrected chi connectivity index (χ3v) is 6.08. The van der Waals surface area contributed by atoms with Gasteiger partial charge in [-0.2, -0.15) is 0 Å². The van der Waals surface area contributed by atoms with Crippen LogP contribution in [-0.2, 0) is 16.0 Å². The number of hydrogen-bond donors (Lipinski definition) is 2.